The summed E-state index contributed by atoms with van der Waals surface area (Å²) in [5.74, 6) is 0. The quantitative estimate of drug-likeness (QED) is 0.775. The van der Waals surface area contributed by atoms with E-state index in [1.165, 1.54) is 6.07 Å². The second-order valence-electron chi connectivity index (χ2n) is 3.77. The van der Waals surface area contributed by atoms with Crippen LogP contribution >= 0.6 is 11.6 Å². The lowest BCUT2D eigenvalue weighted by Gasteiger charge is -2.07. The smallest absolute Gasteiger partial charge is 0.240 e. The molecule has 0 aromatic heterocycles. The second-order valence-corrected chi connectivity index (χ2v) is 5.94. The Morgan fingerprint density at radius 2 is 2.00 bits per heavy atom. The third-order valence-electron chi connectivity index (χ3n) is 2.35. The summed E-state index contributed by atoms with van der Waals surface area (Å²) in [6, 6.07) is 4.73. The molecule has 0 bridgehead atoms. The van der Waals surface area contributed by atoms with E-state index in [2.05, 4.69) is 10.0 Å². The second kappa shape index (κ2) is 6.35. The number of sulfonamides is 1. The van der Waals surface area contributed by atoms with Crippen LogP contribution in [0.3, 0.4) is 0 Å². The van der Waals surface area contributed by atoms with Crippen molar-refractivity contribution < 1.29 is 8.42 Å². The van der Waals surface area contributed by atoms with Crippen LogP contribution in [0.25, 0.3) is 0 Å². The number of hydrogen-bond donors (Lipinski definition) is 2. The van der Waals surface area contributed by atoms with Crippen LogP contribution in [0.1, 0.15) is 12.0 Å². The van der Waals surface area contributed by atoms with Crippen molar-refractivity contribution >= 4 is 21.6 Å². The highest BCUT2D eigenvalue weighted by Crippen LogP contribution is 2.19. The molecule has 1 aromatic rings. The van der Waals surface area contributed by atoms with Crippen LogP contribution in [-0.2, 0) is 10.0 Å². The van der Waals surface area contributed by atoms with E-state index in [0.29, 0.717) is 11.6 Å². The van der Waals surface area contributed by atoms with Gasteiger partial charge >= 0.3 is 0 Å². The van der Waals surface area contributed by atoms with Gasteiger partial charge in [-0.1, -0.05) is 17.7 Å². The molecular formula is C11H17ClN2O2S. The molecule has 0 saturated heterocycles. The van der Waals surface area contributed by atoms with Crippen molar-refractivity contribution in [1.29, 1.82) is 0 Å². The van der Waals surface area contributed by atoms with E-state index >= 15 is 0 Å². The van der Waals surface area contributed by atoms with E-state index in [0.717, 1.165) is 18.5 Å². The van der Waals surface area contributed by atoms with Gasteiger partial charge in [0.15, 0.2) is 0 Å². The topological polar surface area (TPSA) is 58.2 Å². The molecule has 0 amide bonds. The minimum atomic E-state index is -3.44. The Balaban J connectivity index is 2.72. The van der Waals surface area contributed by atoms with E-state index in [9.17, 15) is 8.42 Å². The summed E-state index contributed by atoms with van der Waals surface area (Å²) >= 11 is 5.90. The predicted octanol–water partition coefficient (Wildman–Crippen LogP) is 1.54. The van der Waals surface area contributed by atoms with Gasteiger partial charge in [0.1, 0.15) is 0 Å². The number of hydrogen-bond acceptors (Lipinski definition) is 3. The molecule has 0 atom stereocenters. The maximum absolute atomic E-state index is 11.9. The molecule has 0 aliphatic rings. The average Bonchev–Trinajstić information content (AvgIpc) is 2.28. The van der Waals surface area contributed by atoms with Crippen molar-refractivity contribution in [2.24, 2.45) is 0 Å². The number of aryl methyl sites for hydroxylation is 1. The standard InChI is InChI=1S/C11H17ClN2O2S/c1-9-4-5-10(8-11(9)12)17(15,16)14-7-3-6-13-2/h4-5,8,13-14H,3,6-7H2,1-2H3. The predicted molar refractivity (Wildman–Crippen MR) is 69.9 cm³/mol. The zero-order chi connectivity index (χ0) is 12.9. The van der Waals surface area contributed by atoms with Crippen molar-refractivity contribution in [2.75, 3.05) is 20.1 Å². The first kappa shape index (κ1) is 14.4. The molecule has 6 heteroatoms. The van der Waals surface area contributed by atoms with Gasteiger partial charge in [-0.25, -0.2) is 13.1 Å². The number of rotatable bonds is 6. The average molecular weight is 277 g/mol. The van der Waals surface area contributed by atoms with Crippen molar-refractivity contribution in [3.63, 3.8) is 0 Å². The van der Waals surface area contributed by atoms with Gasteiger partial charge < -0.3 is 5.32 Å². The molecule has 0 spiro atoms. The summed E-state index contributed by atoms with van der Waals surface area (Å²) in [6.45, 7) is 3.02. The lowest BCUT2D eigenvalue weighted by atomic mass is 10.2. The van der Waals surface area contributed by atoms with Crippen LogP contribution < -0.4 is 10.0 Å². The maximum Gasteiger partial charge on any atom is 0.240 e. The van der Waals surface area contributed by atoms with Gasteiger partial charge in [0.05, 0.1) is 4.90 Å². The Kier molecular flexibility index (Phi) is 5.39. The molecule has 1 aromatic carbocycles. The van der Waals surface area contributed by atoms with E-state index < -0.39 is 10.0 Å². The Morgan fingerprint density at radius 1 is 1.29 bits per heavy atom. The first-order chi connectivity index (χ1) is 7.97. The van der Waals surface area contributed by atoms with E-state index in [4.69, 9.17) is 11.6 Å². The van der Waals surface area contributed by atoms with Crippen molar-refractivity contribution in [2.45, 2.75) is 18.2 Å². The summed E-state index contributed by atoms with van der Waals surface area (Å²) in [5, 5.41) is 3.42. The molecule has 0 radical (unpaired) electrons. The highest BCUT2D eigenvalue weighted by molar-refractivity contribution is 7.89. The summed E-state index contributed by atoms with van der Waals surface area (Å²) in [6.07, 6.45) is 0.745. The SMILES string of the molecule is CNCCCNS(=O)(=O)c1ccc(C)c(Cl)c1. The van der Waals surface area contributed by atoms with Crippen LogP contribution in [-0.4, -0.2) is 28.6 Å². The normalized spacial score (nSPS) is 11.7. The number of halogens is 1. The zero-order valence-electron chi connectivity index (χ0n) is 9.96. The van der Waals surface area contributed by atoms with Crippen molar-refractivity contribution in [3.8, 4) is 0 Å². The molecule has 0 aliphatic carbocycles. The fourth-order valence-corrected chi connectivity index (χ4v) is 2.64. The van der Waals surface area contributed by atoms with Gasteiger partial charge in [-0.15, -0.1) is 0 Å². The molecule has 17 heavy (non-hydrogen) atoms. The van der Waals surface area contributed by atoms with Gasteiger partial charge in [0, 0.05) is 11.6 Å². The van der Waals surface area contributed by atoms with E-state index in [1.54, 1.807) is 12.1 Å². The Bertz CT molecular complexity index is 474. The zero-order valence-corrected chi connectivity index (χ0v) is 11.5. The molecule has 0 aliphatic heterocycles. The largest absolute Gasteiger partial charge is 0.320 e. The maximum atomic E-state index is 11.9. The van der Waals surface area contributed by atoms with Crippen LogP contribution in [0, 0.1) is 6.92 Å². The molecule has 2 N–H and O–H groups in total. The molecule has 0 fully saturated rings. The van der Waals surface area contributed by atoms with E-state index in [-0.39, 0.29) is 4.90 Å². The Labute approximate surface area is 107 Å². The molecule has 0 saturated carbocycles. The van der Waals surface area contributed by atoms with Gasteiger partial charge in [-0.05, 0) is 44.6 Å². The minimum Gasteiger partial charge on any atom is -0.320 e. The molecule has 96 valence electrons. The lowest BCUT2D eigenvalue weighted by Crippen LogP contribution is -2.26. The Hall–Kier alpha value is -0.620. The summed E-state index contributed by atoms with van der Waals surface area (Å²) in [7, 11) is -1.61. The van der Waals surface area contributed by atoms with E-state index in [1.807, 2.05) is 14.0 Å². The number of nitrogens with one attached hydrogen (secondary N) is 2. The van der Waals surface area contributed by atoms with Gasteiger partial charge in [-0.3, -0.25) is 0 Å². The molecule has 0 unspecified atom stereocenters. The monoisotopic (exact) mass is 276 g/mol. The summed E-state index contributed by atoms with van der Waals surface area (Å²) in [4.78, 5) is 0.206. The van der Waals surface area contributed by atoms with Gasteiger partial charge in [-0.2, -0.15) is 0 Å². The highest BCUT2D eigenvalue weighted by atomic mass is 35.5. The van der Waals surface area contributed by atoms with Gasteiger partial charge in [0.2, 0.25) is 10.0 Å². The van der Waals surface area contributed by atoms with Crippen molar-refractivity contribution in [3.05, 3.63) is 28.8 Å². The van der Waals surface area contributed by atoms with Crippen LogP contribution in [0.5, 0.6) is 0 Å². The highest BCUT2D eigenvalue weighted by Gasteiger charge is 2.13. The van der Waals surface area contributed by atoms with Crippen LogP contribution in [0.4, 0.5) is 0 Å². The molecular weight excluding hydrogens is 260 g/mol. The third kappa shape index (κ3) is 4.27. The lowest BCUT2D eigenvalue weighted by molar-refractivity contribution is 0.577. The first-order valence-electron chi connectivity index (χ1n) is 5.38. The fraction of sp³-hybridized carbons (Fsp3) is 0.455. The fourth-order valence-electron chi connectivity index (χ4n) is 1.30. The molecule has 4 nitrogen and oxygen atoms in total. The first-order valence-corrected chi connectivity index (χ1v) is 7.24. The Morgan fingerprint density at radius 3 is 2.59 bits per heavy atom. The van der Waals surface area contributed by atoms with Gasteiger partial charge in [0.25, 0.3) is 0 Å². The molecule has 0 heterocycles. The summed E-state index contributed by atoms with van der Waals surface area (Å²) in [5.41, 5.74) is 0.862. The minimum absolute atomic E-state index is 0.206. The van der Waals surface area contributed by atoms with Crippen molar-refractivity contribution in [1.82, 2.24) is 10.0 Å². The van der Waals surface area contributed by atoms with Crippen LogP contribution in [0.15, 0.2) is 23.1 Å². The molecule has 1 rings (SSSR count). The van der Waals surface area contributed by atoms with Crippen LogP contribution in [0.2, 0.25) is 5.02 Å². The number of benzene rings is 1. The third-order valence-corrected chi connectivity index (χ3v) is 4.22. The summed E-state index contributed by atoms with van der Waals surface area (Å²) < 4.78 is 26.3.